The monoisotopic (exact) mass is 201 g/mol. The van der Waals surface area contributed by atoms with E-state index < -0.39 is 12.0 Å². The maximum absolute atomic E-state index is 10.8. The van der Waals surface area contributed by atoms with Crippen molar-refractivity contribution in [2.75, 3.05) is 6.61 Å². The van der Waals surface area contributed by atoms with Crippen molar-refractivity contribution in [2.24, 2.45) is 0 Å². The molecule has 0 aromatic carbocycles. The van der Waals surface area contributed by atoms with Crippen LogP contribution in [0.5, 0.6) is 0 Å². The molecule has 0 aromatic heterocycles. The van der Waals surface area contributed by atoms with Crippen LogP contribution in [0.15, 0.2) is 0 Å². The third-order valence-corrected chi connectivity index (χ3v) is 2.17. The molecule has 0 spiro atoms. The van der Waals surface area contributed by atoms with Crippen LogP contribution in [0.2, 0.25) is 0 Å². The Bertz CT molecular complexity index is 190. The lowest BCUT2D eigenvalue weighted by atomic mass is 10.2. The minimum Gasteiger partial charge on any atom is -0.480 e. The average molecular weight is 201 g/mol. The topological polar surface area (TPSA) is 58.6 Å². The van der Waals surface area contributed by atoms with Crippen LogP contribution < -0.4 is 5.32 Å². The molecular weight excluding hydrogens is 182 g/mol. The summed E-state index contributed by atoms with van der Waals surface area (Å²) in [5, 5.41) is 12.0. The van der Waals surface area contributed by atoms with Crippen LogP contribution in [0.4, 0.5) is 0 Å². The zero-order valence-electron chi connectivity index (χ0n) is 8.82. The molecule has 1 fully saturated rings. The van der Waals surface area contributed by atoms with E-state index >= 15 is 0 Å². The summed E-state index contributed by atoms with van der Waals surface area (Å²) in [6.07, 6.45) is 2.93. The van der Waals surface area contributed by atoms with Gasteiger partial charge in [-0.15, -0.1) is 0 Å². The Morgan fingerprint density at radius 3 is 2.64 bits per heavy atom. The van der Waals surface area contributed by atoms with Crippen molar-refractivity contribution in [3.8, 4) is 0 Å². The highest BCUT2D eigenvalue weighted by Gasteiger charge is 2.27. The smallest absolute Gasteiger partial charge is 0.320 e. The number of ether oxygens (including phenoxy) is 1. The van der Waals surface area contributed by atoms with E-state index in [2.05, 4.69) is 5.32 Å². The van der Waals surface area contributed by atoms with Crippen LogP contribution in [-0.2, 0) is 9.53 Å². The fourth-order valence-electron chi connectivity index (χ4n) is 1.23. The quantitative estimate of drug-likeness (QED) is 0.645. The Morgan fingerprint density at radius 1 is 1.57 bits per heavy atom. The summed E-state index contributed by atoms with van der Waals surface area (Å²) in [4.78, 5) is 10.8. The summed E-state index contributed by atoms with van der Waals surface area (Å²) in [5.74, 6) is -0.774. The van der Waals surface area contributed by atoms with E-state index in [0.29, 0.717) is 19.1 Å². The van der Waals surface area contributed by atoms with Gasteiger partial charge in [-0.05, 0) is 33.1 Å². The molecule has 82 valence electrons. The van der Waals surface area contributed by atoms with Crippen LogP contribution in [0, 0.1) is 0 Å². The molecule has 0 radical (unpaired) electrons. The lowest BCUT2D eigenvalue weighted by Crippen LogP contribution is -2.39. The first-order valence-electron chi connectivity index (χ1n) is 5.20. The Labute approximate surface area is 84.6 Å². The summed E-state index contributed by atoms with van der Waals surface area (Å²) < 4.78 is 5.32. The van der Waals surface area contributed by atoms with E-state index in [-0.39, 0.29) is 6.10 Å². The fourth-order valence-corrected chi connectivity index (χ4v) is 1.23. The van der Waals surface area contributed by atoms with Crippen LogP contribution in [-0.4, -0.2) is 35.9 Å². The predicted octanol–water partition coefficient (Wildman–Crippen LogP) is 1.01. The lowest BCUT2D eigenvalue weighted by molar-refractivity contribution is -0.140. The van der Waals surface area contributed by atoms with Gasteiger partial charge in [-0.2, -0.15) is 0 Å². The number of hydrogen-bond donors (Lipinski definition) is 2. The summed E-state index contributed by atoms with van der Waals surface area (Å²) >= 11 is 0. The number of carbonyl (C=O) groups is 1. The molecule has 0 saturated heterocycles. The molecule has 0 aliphatic heterocycles. The van der Waals surface area contributed by atoms with Crippen molar-refractivity contribution in [1.29, 1.82) is 0 Å². The first-order valence-corrected chi connectivity index (χ1v) is 5.20. The van der Waals surface area contributed by atoms with Gasteiger partial charge in [0.2, 0.25) is 0 Å². The minimum atomic E-state index is -0.774. The zero-order valence-corrected chi connectivity index (χ0v) is 8.82. The first-order chi connectivity index (χ1) is 6.59. The number of rotatable bonds is 7. The number of aliphatic carboxylic acids is 1. The normalized spacial score (nSPS) is 18.5. The molecule has 0 heterocycles. The molecule has 4 nitrogen and oxygen atoms in total. The Morgan fingerprint density at radius 2 is 2.21 bits per heavy atom. The number of hydrogen-bond acceptors (Lipinski definition) is 3. The Kier molecular flexibility index (Phi) is 4.35. The van der Waals surface area contributed by atoms with Crippen molar-refractivity contribution in [3.05, 3.63) is 0 Å². The standard InChI is InChI=1S/C10H19NO3/c1-7(2)14-6-5-9(10(12)13)11-8-3-4-8/h7-9,11H,3-6H2,1-2H3,(H,12,13). The van der Waals surface area contributed by atoms with Gasteiger partial charge in [-0.3, -0.25) is 4.79 Å². The van der Waals surface area contributed by atoms with E-state index in [9.17, 15) is 4.79 Å². The van der Waals surface area contributed by atoms with E-state index in [0.717, 1.165) is 12.8 Å². The highest BCUT2D eigenvalue weighted by Crippen LogP contribution is 2.20. The second kappa shape index (κ2) is 5.32. The molecule has 1 saturated carbocycles. The van der Waals surface area contributed by atoms with Gasteiger partial charge in [0, 0.05) is 12.6 Å². The van der Waals surface area contributed by atoms with Gasteiger partial charge in [0.05, 0.1) is 6.10 Å². The van der Waals surface area contributed by atoms with Gasteiger partial charge in [-0.25, -0.2) is 0 Å². The van der Waals surface area contributed by atoms with Crippen molar-refractivity contribution >= 4 is 5.97 Å². The van der Waals surface area contributed by atoms with Crippen LogP contribution in [0.3, 0.4) is 0 Å². The molecule has 1 aliphatic rings. The molecule has 1 aliphatic carbocycles. The van der Waals surface area contributed by atoms with Crippen molar-refractivity contribution in [1.82, 2.24) is 5.32 Å². The van der Waals surface area contributed by atoms with E-state index in [1.807, 2.05) is 13.8 Å². The summed E-state index contributed by atoms with van der Waals surface area (Å²) in [5.41, 5.74) is 0. The van der Waals surface area contributed by atoms with E-state index in [4.69, 9.17) is 9.84 Å². The average Bonchev–Trinajstić information content (AvgIpc) is 2.85. The van der Waals surface area contributed by atoms with E-state index in [1.54, 1.807) is 0 Å². The van der Waals surface area contributed by atoms with Crippen LogP contribution in [0.25, 0.3) is 0 Å². The molecule has 0 bridgehead atoms. The Hall–Kier alpha value is -0.610. The molecule has 1 unspecified atom stereocenters. The summed E-state index contributed by atoms with van der Waals surface area (Å²) in [6, 6.07) is -0.0172. The fraction of sp³-hybridized carbons (Fsp3) is 0.900. The van der Waals surface area contributed by atoms with Crippen molar-refractivity contribution in [3.63, 3.8) is 0 Å². The van der Waals surface area contributed by atoms with Gasteiger partial charge in [0.15, 0.2) is 0 Å². The highest BCUT2D eigenvalue weighted by molar-refractivity contribution is 5.73. The maximum Gasteiger partial charge on any atom is 0.320 e. The van der Waals surface area contributed by atoms with Crippen LogP contribution in [0.1, 0.15) is 33.1 Å². The van der Waals surface area contributed by atoms with Gasteiger partial charge in [0.25, 0.3) is 0 Å². The van der Waals surface area contributed by atoms with Gasteiger partial charge < -0.3 is 15.2 Å². The first kappa shape index (κ1) is 11.5. The van der Waals surface area contributed by atoms with E-state index in [1.165, 1.54) is 0 Å². The largest absolute Gasteiger partial charge is 0.480 e. The zero-order chi connectivity index (χ0) is 10.6. The molecule has 1 rings (SSSR count). The molecule has 0 amide bonds. The van der Waals surface area contributed by atoms with Gasteiger partial charge in [0.1, 0.15) is 6.04 Å². The minimum absolute atomic E-state index is 0.172. The van der Waals surface area contributed by atoms with Gasteiger partial charge in [-0.1, -0.05) is 0 Å². The predicted molar refractivity (Wildman–Crippen MR) is 53.3 cm³/mol. The summed E-state index contributed by atoms with van der Waals surface area (Å²) in [7, 11) is 0. The second-order valence-electron chi connectivity index (χ2n) is 4.04. The van der Waals surface area contributed by atoms with Gasteiger partial charge >= 0.3 is 5.97 Å². The molecule has 14 heavy (non-hydrogen) atoms. The molecule has 4 heteroatoms. The molecule has 0 aromatic rings. The molecule has 2 N–H and O–H groups in total. The number of carboxylic acid groups (broad SMARTS) is 1. The Balaban J connectivity index is 2.17. The second-order valence-corrected chi connectivity index (χ2v) is 4.04. The number of carboxylic acids is 1. The lowest BCUT2D eigenvalue weighted by Gasteiger charge is -2.14. The van der Waals surface area contributed by atoms with Crippen molar-refractivity contribution < 1.29 is 14.6 Å². The number of nitrogens with one attached hydrogen (secondary N) is 1. The molecular formula is C10H19NO3. The van der Waals surface area contributed by atoms with Crippen LogP contribution >= 0.6 is 0 Å². The van der Waals surface area contributed by atoms with Crippen molar-refractivity contribution in [2.45, 2.75) is 51.3 Å². The SMILES string of the molecule is CC(C)OCCC(NC1CC1)C(=O)O. The summed E-state index contributed by atoms with van der Waals surface area (Å²) in [6.45, 7) is 4.41. The molecule has 1 atom stereocenters. The third-order valence-electron chi connectivity index (χ3n) is 2.17. The maximum atomic E-state index is 10.8. The third kappa shape index (κ3) is 4.58. The highest BCUT2D eigenvalue weighted by atomic mass is 16.5.